The Hall–Kier alpha value is -5.49. The van der Waals surface area contributed by atoms with E-state index in [1.807, 2.05) is 0 Å². The normalized spacial score (nSPS) is 13.4. The Labute approximate surface area is 478 Å². The zero-order chi connectivity index (χ0) is 56.4. The Bertz CT molecular complexity index is 1850. The summed E-state index contributed by atoms with van der Waals surface area (Å²) >= 11 is 0. The van der Waals surface area contributed by atoms with Gasteiger partial charge in [0.2, 0.25) is 0 Å². The van der Waals surface area contributed by atoms with E-state index >= 15 is 0 Å². The highest BCUT2D eigenvalue weighted by Gasteiger charge is 2.19. The van der Waals surface area contributed by atoms with Crippen LogP contribution in [-0.2, 0) is 28.6 Å². The minimum Gasteiger partial charge on any atom is -0.462 e. The Balaban J connectivity index is 4.41. The molecule has 0 saturated carbocycles. The van der Waals surface area contributed by atoms with Crippen molar-refractivity contribution in [3.63, 3.8) is 0 Å². The minimum absolute atomic E-state index is 0.115. The quantitative estimate of drug-likeness (QED) is 0.0261. The summed E-state index contributed by atoms with van der Waals surface area (Å²) < 4.78 is 16.8. The van der Waals surface area contributed by atoms with E-state index in [0.717, 1.165) is 154 Å². The van der Waals surface area contributed by atoms with Crippen LogP contribution in [0.2, 0.25) is 0 Å². The molecule has 434 valence electrons. The largest absolute Gasteiger partial charge is 0.462 e. The first-order valence-corrected chi connectivity index (χ1v) is 30.8. The van der Waals surface area contributed by atoms with E-state index in [1.54, 1.807) is 0 Å². The van der Waals surface area contributed by atoms with Crippen molar-refractivity contribution in [2.75, 3.05) is 13.2 Å². The zero-order valence-electron chi connectivity index (χ0n) is 49.6. The van der Waals surface area contributed by atoms with Crippen LogP contribution in [0, 0.1) is 0 Å². The fraction of sp³-hybridized carbons (Fsp3) is 0.542. The number of hydrogen-bond acceptors (Lipinski definition) is 6. The average Bonchev–Trinajstić information content (AvgIpc) is 3.44. The smallest absolute Gasteiger partial charge is 0.306 e. The van der Waals surface area contributed by atoms with Crippen molar-refractivity contribution in [3.05, 3.63) is 182 Å². The van der Waals surface area contributed by atoms with Gasteiger partial charge in [-0.1, -0.05) is 261 Å². The first kappa shape index (κ1) is 72.5. The van der Waals surface area contributed by atoms with Crippen molar-refractivity contribution in [2.45, 2.75) is 239 Å². The molecule has 0 aromatic rings. The third-order valence-corrected chi connectivity index (χ3v) is 12.2. The number of unbranched alkanes of at least 4 members (excludes halogenated alkanes) is 12. The maximum atomic E-state index is 12.9. The second kappa shape index (κ2) is 64.0. The first-order valence-electron chi connectivity index (χ1n) is 30.8. The molecule has 0 aromatic carbocycles. The molecule has 1 unspecified atom stereocenters. The van der Waals surface area contributed by atoms with Crippen molar-refractivity contribution in [2.24, 2.45) is 0 Å². The molecule has 1 atom stereocenters. The van der Waals surface area contributed by atoms with Crippen molar-refractivity contribution in [1.29, 1.82) is 0 Å². The van der Waals surface area contributed by atoms with E-state index < -0.39 is 6.10 Å². The van der Waals surface area contributed by atoms with Gasteiger partial charge in [0, 0.05) is 19.3 Å². The molecule has 0 bridgehead atoms. The maximum Gasteiger partial charge on any atom is 0.306 e. The summed E-state index contributed by atoms with van der Waals surface area (Å²) in [6.07, 6.45) is 96.2. The maximum absolute atomic E-state index is 12.9. The lowest BCUT2D eigenvalue weighted by Gasteiger charge is -2.18. The highest BCUT2D eigenvalue weighted by molar-refractivity contribution is 5.71. The van der Waals surface area contributed by atoms with Gasteiger partial charge in [-0.25, -0.2) is 0 Å². The molecule has 0 fully saturated rings. The number of esters is 3. The van der Waals surface area contributed by atoms with Crippen molar-refractivity contribution >= 4 is 17.9 Å². The topological polar surface area (TPSA) is 78.9 Å². The van der Waals surface area contributed by atoms with Gasteiger partial charge in [0.25, 0.3) is 0 Å². The molecule has 0 saturated heterocycles. The first-order chi connectivity index (χ1) is 38.5. The van der Waals surface area contributed by atoms with E-state index in [9.17, 15) is 14.4 Å². The molecular weight excluding hydrogens is 961 g/mol. The molecule has 0 aliphatic heterocycles. The minimum atomic E-state index is -0.824. The van der Waals surface area contributed by atoms with E-state index in [2.05, 4.69) is 203 Å². The molecule has 6 heteroatoms. The molecule has 0 aliphatic carbocycles. The molecule has 6 nitrogen and oxygen atoms in total. The van der Waals surface area contributed by atoms with Crippen molar-refractivity contribution in [3.8, 4) is 0 Å². The third-order valence-electron chi connectivity index (χ3n) is 12.2. The molecule has 0 spiro atoms. The SMILES string of the molecule is CC/C=C\C/C=C\C/C=C\C/C=C\C/C=C\C/C=C\C/C=C\C/C=C\C/C=C\CCCC(=O)OCC(COC(=O)CCCCCCCCCC)OC(=O)CCCCCC/C=C\C/C=C\C/C=C\C/C=C\C/C=C\C/C=C\CC. The molecule has 0 N–H and O–H groups in total. The molecular formula is C72H110O6. The highest BCUT2D eigenvalue weighted by atomic mass is 16.6. The van der Waals surface area contributed by atoms with Crippen LogP contribution in [0.1, 0.15) is 233 Å². The van der Waals surface area contributed by atoms with Gasteiger partial charge in [-0.15, -0.1) is 0 Å². The van der Waals surface area contributed by atoms with Crippen LogP contribution in [0.15, 0.2) is 182 Å². The lowest BCUT2D eigenvalue weighted by molar-refractivity contribution is -0.167. The van der Waals surface area contributed by atoms with Crippen LogP contribution in [0.3, 0.4) is 0 Å². The van der Waals surface area contributed by atoms with Gasteiger partial charge in [-0.2, -0.15) is 0 Å². The summed E-state index contributed by atoms with van der Waals surface area (Å²) in [4.78, 5) is 38.1. The summed E-state index contributed by atoms with van der Waals surface area (Å²) in [7, 11) is 0. The highest BCUT2D eigenvalue weighted by Crippen LogP contribution is 2.13. The lowest BCUT2D eigenvalue weighted by Crippen LogP contribution is -2.30. The van der Waals surface area contributed by atoms with Gasteiger partial charge >= 0.3 is 17.9 Å². The number of carbonyl (C=O) groups excluding carboxylic acids is 3. The second-order valence-corrected chi connectivity index (χ2v) is 19.5. The molecule has 78 heavy (non-hydrogen) atoms. The van der Waals surface area contributed by atoms with Gasteiger partial charge in [0.15, 0.2) is 6.10 Å². The summed E-state index contributed by atoms with van der Waals surface area (Å²) in [6.45, 7) is 6.29. The fourth-order valence-electron chi connectivity index (χ4n) is 7.62. The molecule has 0 rings (SSSR count). The zero-order valence-corrected chi connectivity index (χ0v) is 49.6. The third kappa shape index (κ3) is 61.4. The molecule has 0 radical (unpaired) electrons. The Kier molecular flexibility index (Phi) is 59.5. The van der Waals surface area contributed by atoms with Crippen LogP contribution < -0.4 is 0 Å². The average molecular weight is 1070 g/mol. The van der Waals surface area contributed by atoms with Crippen LogP contribution in [0.25, 0.3) is 0 Å². The summed E-state index contributed by atoms with van der Waals surface area (Å²) in [5.74, 6) is -1.02. The lowest BCUT2D eigenvalue weighted by atomic mass is 10.1. The number of carbonyl (C=O) groups is 3. The molecule has 0 heterocycles. The van der Waals surface area contributed by atoms with Gasteiger partial charge < -0.3 is 14.2 Å². The van der Waals surface area contributed by atoms with E-state index in [0.29, 0.717) is 12.8 Å². The van der Waals surface area contributed by atoms with Crippen molar-refractivity contribution in [1.82, 2.24) is 0 Å². The van der Waals surface area contributed by atoms with Crippen LogP contribution in [-0.4, -0.2) is 37.2 Å². The van der Waals surface area contributed by atoms with E-state index in [-0.39, 0.29) is 44.0 Å². The monoisotopic (exact) mass is 1070 g/mol. The number of ether oxygens (including phenoxy) is 3. The Morgan fingerprint density at radius 1 is 0.269 bits per heavy atom. The molecule has 0 aromatic heterocycles. The summed E-state index contributed by atoms with van der Waals surface area (Å²) in [5, 5.41) is 0. The summed E-state index contributed by atoms with van der Waals surface area (Å²) in [6, 6.07) is 0. The predicted octanol–water partition coefficient (Wildman–Crippen LogP) is 21.3. The molecule has 0 aliphatic rings. The van der Waals surface area contributed by atoms with E-state index in [4.69, 9.17) is 14.2 Å². The standard InChI is InChI=1S/C72H110O6/c1-4-7-10-13-16-19-21-23-25-27-29-31-33-34-35-36-37-38-40-41-43-45-47-49-51-53-56-59-62-65-71(74)77-68-69(67-76-70(73)64-61-58-55-18-15-12-9-6-3)78-72(75)66-63-60-57-54-52-50-48-46-44-42-39-32-30-28-26-24-22-20-17-14-11-8-5-2/h7-8,10-11,16-17,19-20,23-26,29-32,34-35,37-38,41-44,47-50,53,56,69H,4-6,9,12-15,18,21-22,27-28,33,36,39-40,45-46,51-52,54-55,57-68H2,1-3H3/b10-7-,11-8-,19-16-,20-17-,25-23-,26-24-,31-29-,32-30-,35-34-,38-37-,43-41-,44-42-,49-47-,50-48-,56-53-. The number of rotatable bonds is 53. The number of allylic oxidation sites excluding steroid dienone is 30. The van der Waals surface area contributed by atoms with Gasteiger partial charge in [-0.3, -0.25) is 14.4 Å². The Morgan fingerprint density at radius 3 is 0.833 bits per heavy atom. The van der Waals surface area contributed by atoms with Gasteiger partial charge in [-0.05, 0) is 135 Å². The predicted molar refractivity (Wildman–Crippen MR) is 338 cm³/mol. The van der Waals surface area contributed by atoms with Crippen molar-refractivity contribution < 1.29 is 28.6 Å². The van der Waals surface area contributed by atoms with Crippen LogP contribution in [0.5, 0.6) is 0 Å². The van der Waals surface area contributed by atoms with Gasteiger partial charge in [0.05, 0.1) is 0 Å². The van der Waals surface area contributed by atoms with Crippen LogP contribution in [0.4, 0.5) is 0 Å². The molecule has 0 amide bonds. The second-order valence-electron chi connectivity index (χ2n) is 19.5. The Morgan fingerprint density at radius 2 is 0.513 bits per heavy atom. The summed E-state index contributed by atoms with van der Waals surface area (Å²) in [5.41, 5.74) is 0. The fourth-order valence-corrected chi connectivity index (χ4v) is 7.62. The van der Waals surface area contributed by atoms with Crippen LogP contribution >= 0.6 is 0 Å². The van der Waals surface area contributed by atoms with Gasteiger partial charge in [0.1, 0.15) is 13.2 Å². The number of hydrogen-bond donors (Lipinski definition) is 0. The van der Waals surface area contributed by atoms with E-state index in [1.165, 1.54) is 32.1 Å².